The maximum absolute atomic E-state index is 6.05. The van der Waals surface area contributed by atoms with E-state index < -0.39 is 0 Å². The monoisotopic (exact) mass is 529 g/mol. The highest BCUT2D eigenvalue weighted by Crippen LogP contribution is 2.31. The topological polar surface area (TPSA) is 30.5 Å². The molecule has 2 rings (SSSR count). The van der Waals surface area contributed by atoms with Crippen LogP contribution in [0, 0.1) is 11.8 Å². The van der Waals surface area contributed by atoms with Gasteiger partial charge in [-0.3, -0.25) is 3.53 Å². The first-order valence-electron chi connectivity index (χ1n) is 8.08. The molecule has 22 heavy (non-hydrogen) atoms. The molecule has 0 unspecified atom stereocenters. The Morgan fingerprint density at radius 3 is 2.73 bits per heavy atom. The number of rotatable bonds is 8. The van der Waals surface area contributed by atoms with Gasteiger partial charge in [0.05, 0.1) is 12.7 Å². The van der Waals surface area contributed by atoms with Crippen LogP contribution >= 0.6 is 45.9 Å². The maximum atomic E-state index is 6.05. The first-order chi connectivity index (χ1) is 10.7. The van der Waals surface area contributed by atoms with Crippen LogP contribution in [0.4, 0.5) is 0 Å². The molecule has 0 heterocycles. The molecule has 5 heteroatoms. The third-order valence-electron chi connectivity index (χ3n) is 4.41. The molecule has 1 aliphatic carbocycles. The fourth-order valence-electron chi connectivity index (χ4n) is 3.05. The van der Waals surface area contributed by atoms with Gasteiger partial charge in [0.2, 0.25) is 0 Å². The molecule has 0 amide bonds. The molecule has 1 saturated carbocycles. The number of benzene rings is 1. The Kier molecular flexibility index (Phi) is 8.77. The first-order valence-corrected chi connectivity index (χ1v) is 10.0. The lowest BCUT2D eigenvalue weighted by Crippen LogP contribution is -2.19. The molecular weight excluding hydrogens is 504 g/mol. The van der Waals surface area contributed by atoms with Gasteiger partial charge in [0.25, 0.3) is 0 Å². The average molecular weight is 529 g/mol. The largest absolute Gasteiger partial charge is 0.493 e. The smallest absolute Gasteiger partial charge is 0.119 e. The second-order valence-electron chi connectivity index (χ2n) is 6.21. The lowest BCUT2D eigenvalue weighted by Gasteiger charge is -2.23. The zero-order chi connectivity index (χ0) is 15.8. The van der Waals surface area contributed by atoms with Gasteiger partial charge in [0.15, 0.2) is 0 Å². The molecule has 0 aromatic heterocycles. The third kappa shape index (κ3) is 5.79. The summed E-state index contributed by atoms with van der Waals surface area (Å²) in [4.78, 5) is 0. The van der Waals surface area contributed by atoms with Crippen LogP contribution in [0.1, 0.15) is 50.7 Å². The standard InChI is InChI=1S/C17H25I2NO2/c1-13(11-20-18)17(22-19)15-8-5-9-16(10-15)21-12-14-6-3-2-4-7-14/h5,8-10,13-14,17,20H,2-4,6-7,11-12H2,1H3/t13-,17-/m0/s1. The van der Waals surface area contributed by atoms with Crippen molar-refractivity contribution in [3.63, 3.8) is 0 Å². The summed E-state index contributed by atoms with van der Waals surface area (Å²) in [5.41, 5.74) is 1.19. The molecule has 0 spiro atoms. The maximum Gasteiger partial charge on any atom is 0.119 e. The van der Waals surface area contributed by atoms with Crippen LogP contribution in [0.2, 0.25) is 0 Å². The van der Waals surface area contributed by atoms with Gasteiger partial charge >= 0.3 is 0 Å². The summed E-state index contributed by atoms with van der Waals surface area (Å²) in [7, 11) is 0. The summed E-state index contributed by atoms with van der Waals surface area (Å²) < 4.78 is 14.9. The summed E-state index contributed by atoms with van der Waals surface area (Å²) in [6.07, 6.45) is 6.83. The van der Waals surface area contributed by atoms with Gasteiger partial charge in [-0.25, -0.2) is 0 Å². The van der Waals surface area contributed by atoms with E-state index in [-0.39, 0.29) is 6.10 Å². The van der Waals surface area contributed by atoms with Gasteiger partial charge in [0.1, 0.15) is 28.8 Å². The van der Waals surface area contributed by atoms with Gasteiger partial charge in [-0.1, -0.05) is 38.3 Å². The van der Waals surface area contributed by atoms with E-state index in [1.807, 2.05) is 23.0 Å². The minimum atomic E-state index is 0.0843. The zero-order valence-corrected chi connectivity index (χ0v) is 17.4. The lowest BCUT2D eigenvalue weighted by molar-refractivity contribution is 0.201. The Morgan fingerprint density at radius 2 is 2.05 bits per heavy atom. The van der Waals surface area contributed by atoms with Crippen molar-refractivity contribution >= 4 is 45.9 Å². The van der Waals surface area contributed by atoms with Gasteiger partial charge in [0, 0.05) is 35.3 Å². The molecular formula is C17H25I2NO2. The molecule has 0 aliphatic heterocycles. The van der Waals surface area contributed by atoms with Crippen molar-refractivity contribution in [1.82, 2.24) is 3.53 Å². The van der Waals surface area contributed by atoms with E-state index in [1.165, 1.54) is 37.7 Å². The molecule has 124 valence electrons. The summed E-state index contributed by atoms with van der Waals surface area (Å²) in [5, 5.41) is 0. The fourth-order valence-corrected chi connectivity index (χ4v) is 4.54. The van der Waals surface area contributed by atoms with Crippen molar-refractivity contribution in [3.8, 4) is 5.75 Å². The summed E-state index contributed by atoms with van der Waals surface area (Å²) in [6.45, 7) is 3.97. The van der Waals surface area contributed by atoms with E-state index >= 15 is 0 Å². The van der Waals surface area contributed by atoms with E-state index in [2.05, 4.69) is 57.6 Å². The van der Waals surface area contributed by atoms with E-state index in [9.17, 15) is 0 Å². The van der Waals surface area contributed by atoms with Gasteiger partial charge in [-0.05, 0) is 36.5 Å². The van der Waals surface area contributed by atoms with Crippen LogP contribution in [-0.2, 0) is 3.07 Å². The lowest BCUT2D eigenvalue weighted by atomic mass is 9.90. The van der Waals surface area contributed by atoms with Crippen molar-refractivity contribution in [2.24, 2.45) is 11.8 Å². The van der Waals surface area contributed by atoms with E-state index in [0.717, 1.165) is 24.8 Å². The van der Waals surface area contributed by atoms with Crippen LogP contribution in [0.3, 0.4) is 0 Å². The summed E-state index contributed by atoms with van der Waals surface area (Å²) >= 11 is 4.19. The number of halogens is 2. The third-order valence-corrected chi connectivity index (χ3v) is 5.40. The van der Waals surface area contributed by atoms with Gasteiger partial charge < -0.3 is 7.80 Å². The molecule has 0 bridgehead atoms. The van der Waals surface area contributed by atoms with E-state index in [4.69, 9.17) is 7.80 Å². The summed E-state index contributed by atoms with van der Waals surface area (Å²) in [5.74, 6) is 2.11. The molecule has 2 atom stereocenters. The number of hydrogen-bond acceptors (Lipinski definition) is 3. The zero-order valence-electron chi connectivity index (χ0n) is 13.1. The van der Waals surface area contributed by atoms with Crippen LogP contribution < -0.4 is 8.27 Å². The summed E-state index contributed by atoms with van der Waals surface area (Å²) in [6, 6.07) is 8.38. The van der Waals surface area contributed by atoms with E-state index in [1.54, 1.807) is 0 Å². The molecule has 0 radical (unpaired) electrons. The van der Waals surface area contributed by atoms with Crippen molar-refractivity contribution in [1.29, 1.82) is 0 Å². The highest BCUT2D eigenvalue weighted by atomic mass is 127. The molecule has 1 aromatic rings. The van der Waals surface area contributed by atoms with Crippen molar-refractivity contribution < 1.29 is 7.80 Å². The minimum Gasteiger partial charge on any atom is -0.493 e. The highest BCUT2D eigenvalue weighted by molar-refractivity contribution is 14.1. The normalized spacial score (nSPS) is 18.9. The second kappa shape index (κ2) is 10.3. The van der Waals surface area contributed by atoms with Gasteiger partial charge in [-0.2, -0.15) is 0 Å². The van der Waals surface area contributed by atoms with Crippen molar-refractivity contribution in [2.75, 3.05) is 13.2 Å². The van der Waals surface area contributed by atoms with Crippen LogP contribution in [0.25, 0.3) is 0 Å². The number of ether oxygens (including phenoxy) is 1. The quantitative estimate of drug-likeness (QED) is 0.350. The Morgan fingerprint density at radius 1 is 1.27 bits per heavy atom. The molecule has 0 saturated heterocycles. The fraction of sp³-hybridized carbons (Fsp3) is 0.647. The molecule has 1 aliphatic rings. The number of hydrogen-bond donors (Lipinski definition) is 1. The van der Waals surface area contributed by atoms with Crippen molar-refractivity contribution in [3.05, 3.63) is 29.8 Å². The Bertz CT molecular complexity index is 438. The Labute approximate surface area is 162 Å². The highest BCUT2D eigenvalue weighted by Gasteiger charge is 2.20. The molecule has 1 N–H and O–H groups in total. The van der Waals surface area contributed by atoms with Crippen molar-refractivity contribution in [2.45, 2.75) is 45.1 Å². The Hall–Kier alpha value is 0.400. The SMILES string of the molecule is C[C@@H](CNI)[C@H](OI)c1cccc(OCC2CCCCC2)c1. The predicted molar refractivity (Wildman–Crippen MR) is 108 cm³/mol. The van der Waals surface area contributed by atoms with Gasteiger partial charge in [-0.15, -0.1) is 0 Å². The van der Waals surface area contributed by atoms with E-state index in [0.29, 0.717) is 5.92 Å². The number of nitrogens with one attached hydrogen (secondary N) is 1. The second-order valence-corrected chi connectivity index (χ2v) is 7.48. The molecule has 1 fully saturated rings. The van der Waals surface area contributed by atoms with Crippen LogP contribution in [0.5, 0.6) is 5.75 Å². The first kappa shape index (κ1) is 18.7. The molecule has 3 nitrogen and oxygen atoms in total. The Balaban J connectivity index is 1.95. The van der Waals surface area contributed by atoms with Crippen LogP contribution in [0.15, 0.2) is 24.3 Å². The predicted octanol–water partition coefficient (Wildman–Crippen LogP) is 5.63. The minimum absolute atomic E-state index is 0.0843. The average Bonchev–Trinajstić information content (AvgIpc) is 2.55. The van der Waals surface area contributed by atoms with Crippen LogP contribution in [-0.4, -0.2) is 13.2 Å². The molecule has 1 aromatic carbocycles.